The van der Waals surface area contributed by atoms with Gasteiger partial charge in [0.15, 0.2) is 0 Å². The normalized spacial score (nSPS) is 17.2. The van der Waals surface area contributed by atoms with Crippen molar-refractivity contribution in [1.82, 2.24) is 15.1 Å². The van der Waals surface area contributed by atoms with E-state index in [1.165, 1.54) is 0 Å². The zero-order valence-corrected chi connectivity index (χ0v) is 19.7. The van der Waals surface area contributed by atoms with Crippen LogP contribution in [0.1, 0.15) is 63.9 Å². The molecule has 0 bridgehead atoms. The summed E-state index contributed by atoms with van der Waals surface area (Å²) in [5, 5.41) is 7.89. The molecule has 1 fully saturated rings. The number of methoxy groups -OCH3 is 1. The number of esters is 1. The summed E-state index contributed by atoms with van der Waals surface area (Å²) >= 11 is 0. The van der Waals surface area contributed by atoms with Crippen molar-refractivity contribution in [3.63, 3.8) is 0 Å². The lowest BCUT2D eigenvalue weighted by Gasteiger charge is -2.36. The number of benzene rings is 1. The highest BCUT2D eigenvalue weighted by atomic mass is 16.5. The van der Waals surface area contributed by atoms with E-state index in [9.17, 15) is 9.59 Å². The zero-order valence-electron chi connectivity index (χ0n) is 19.7. The van der Waals surface area contributed by atoms with Gasteiger partial charge in [0.1, 0.15) is 5.75 Å². The minimum absolute atomic E-state index is 0.0125. The topological polar surface area (TPSA) is 91.7 Å². The molecule has 1 aromatic heterocycles. The molecule has 1 saturated heterocycles. The van der Waals surface area contributed by atoms with Gasteiger partial charge in [0, 0.05) is 32.7 Å². The number of aryl methyl sites for hydroxylation is 3. The summed E-state index contributed by atoms with van der Waals surface area (Å²) in [6.07, 6.45) is 3.97. The van der Waals surface area contributed by atoms with Crippen molar-refractivity contribution >= 4 is 11.9 Å². The molecule has 3 heterocycles. The van der Waals surface area contributed by atoms with Gasteiger partial charge >= 0.3 is 5.97 Å². The second kappa shape index (κ2) is 9.95. The van der Waals surface area contributed by atoms with E-state index in [4.69, 9.17) is 19.3 Å². The van der Waals surface area contributed by atoms with Crippen LogP contribution in [0.2, 0.25) is 0 Å². The van der Waals surface area contributed by atoms with Gasteiger partial charge in [-0.15, -0.1) is 0 Å². The van der Waals surface area contributed by atoms with Crippen LogP contribution in [-0.4, -0.2) is 55.1 Å². The second-order valence-electron chi connectivity index (χ2n) is 9.05. The summed E-state index contributed by atoms with van der Waals surface area (Å²) in [4.78, 5) is 25.4. The highest BCUT2D eigenvalue weighted by Crippen LogP contribution is 2.37. The maximum absolute atomic E-state index is 12.9. The molecule has 33 heavy (non-hydrogen) atoms. The Morgan fingerprint density at radius 1 is 1.27 bits per heavy atom. The number of carbonyl (C=O) groups excluding carboxylic acids is 2. The lowest BCUT2D eigenvalue weighted by molar-refractivity contribution is 0.0152. The fraction of sp³-hybridized carbons (Fsp3) is 0.560. The van der Waals surface area contributed by atoms with Crippen LogP contribution in [0, 0.1) is 12.3 Å². The molecule has 0 radical (unpaired) electrons. The number of hydrogen-bond donors (Lipinski definition) is 1. The van der Waals surface area contributed by atoms with Gasteiger partial charge < -0.3 is 19.5 Å². The molecule has 1 N–H and O–H groups in total. The fourth-order valence-corrected chi connectivity index (χ4v) is 4.80. The second-order valence-corrected chi connectivity index (χ2v) is 9.05. The third-order valence-corrected chi connectivity index (χ3v) is 6.68. The number of aromatic nitrogens is 2. The van der Waals surface area contributed by atoms with Crippen LogP contribution < -0.4 is 10.1 Å². The summed E-state index contributed by atoms with van der Waals surface area (Å²) in [7, 11) is 1.58. The number of rotatable bonds is 7. The standard InChI is InChI=1S/C25H33N3O5/c1-4-20-22-21(15-25(16-26-23(22)29)6-10-32-11-7-25)28(27-20)8-5-9-33-24(30)18-12-17(2)13-19(14-18)31-3/h12-14H,4-11,15-16H2,1-3H3,(H,26,29). The van der Waals surface area contributed by atoms with E-state index >= 15 is 0 Å². The minimum Gasteiger partial charge on any atom is -0.497 e. The first-order chi connectivity index (χ1) is 15.9. The Bertz CT molecular complexity index is 1020. The van der Waals surface area contributed by atoms with Gasteiger partial charge in [0.25, 0.3) is 5.91 Å². The van der Waals surface area contributed by atoms with Gasteiger partial charge in [0.05, 0.1) is 36.2 Å². The highest BCUT2D eigenvalue weighted by Gasteiger charge is 2.39. The third kappa shape index (κ3) is 5.05. The van der Waals surface area contributed by atoms with E-state index in [2.05, 4.69) is 5.32 Å². The molecule has 0 aliphatic carbocycles. The Labute approximate surface area is 194 Å². The number of amides is 1. The number of nitrogens with one attached hydrogen (secondary N) is 1. The Hall–Kier alpha value is -2.87. The molecule has 0 atom stereocenters. The van der Waals surface area contributed by atoms with Crippen LogP contribution in [0.15, 0.2) is 18.2 Å². The summed E-state index contributed by atoms with van der Waals surface area (Å²) in [5.74, 6) is 0.232. The first-order valence-corrected chi connectivity index (χ1v) is 11.7. The van der Waals surface area contributed by atoms with Crippen molar-refractivity contribution < 1.29 is 23.8 Å². The Balaban J connectivity index is 1.44. The molecule has 8 heteroatoms. The van der Waals surface area contributed by atoms with E-state index in [1.54, 1.807) is 19.2 Å². The van der Waals surface area contributed by atoms with Crippen molar-refractivity contribution in [3.05, 3.63) is 46.3 Å². The summed E-state index contributed by atoms with van der Waals surface area (Å²) < 4.78 is 18.3. The summed E-state index contributed by atoms with van der Waals surface area (Å²) in [6, 6.07) is 5.34. The number of ether oxygens (including phenoxy) is 3. The highest BCUT2D eigenvalue weighted by molar-refractivity contribution is 5.97. The molecule has 8 nitrogen and oxygen atoms in total. The van der Waals surface area contributed by atoms with Gasteiger partial charge in [-0.3, -0.25) is 9.48 Å². The Morgan fingerprint density at radius 3 is 2.79 bits per heavy atom. The smallest absolute Gasteiger partial charge is 0.338 e. The first-order valence-electron chi connectivity index (χ1n) is 11.7. The quantitative estimate of drug-likeness (QED) is 0.510. The van der Waals surface area contributed by atoms with E-state index in [-0.39, 0.29) is 23.9 Å². The largest absolute Gasteiger partial charge is 0.497 e. The number of nitrogens with zero attached hydrogens (tertiary/aromatic N) is 2. The minimum atomic E-state index is -0.369. The zero-order chi connectivity index (χ0) is 23.4. The van der Waals surface area contributed by atoms with Crippen LogP contribution in [-0.2, 0) is 28.9 Å². The van der Waals surface area contributed by atoms with E-state index in [0.29, 0.717) is 37.2 Å². The predicted octanol–water partition coefficient (Wildman–Crippen LogP) is 3.09. The molecule has 1 amide bonds. The summed E-state index contributed by atoms with van der Waals surface area (Å²) in [5.41, 5.74) is 3.98. The Morgan fingerprint density at radius 2 is 2.06 bits per heavy atom. The molecule has 0 saturated carbocycles. The monoisotopic (exact) mass is 455 g/mol. The van der Waals surface area contributed by atoms with Crippen molar-refractivity contribution in [2.45, 2.75) is 52.5 Å². The number of carbonyl (C=O) groups is 2. The molecular formula is C25H33N3O5. The molecule has 2 aliphatic heterocycles. The molecular weight excluding hydrogens is 422 g/mol. The third-order valence-electron chi connectivity index (χ3n) is 6.68. The average molecular weight is 456 g/mol. The van der Waals surface area contributed by atoms with E-state index < -0.39 is 0 Å². The van der Waals surface area contributed by atoms with E-state index in [0.717, 1.165) is 55.0 Å². The van der Waals surface area contributed by atoms with Crippen LogP contribution in [0.4, 0.5) is 0 Å². The molecule has 4 rings (SSSR count). The van der Waals surface area contributed by atoms with Crippen LogP contribution in [0.25, 0.3) is 0 Å². The van der Waals surface area contributed by atoms with Gasteiger partial charge in [0.2, 0.25) is 0 Å². The predicted molar refractivity (Wildman–Crippen MR) is 123 cm³/mol. The van der Waals surface area contributed by atoms with Gasteiger partial charge in [-0.1, -0.05) is 6.92 Å². The number of hydrogen-bond acceptors (Lipinski definition) is 6. The molecule has 178 valence electrons. The SMILES string of the molecule is CCc1nn(CCCOC(=O)c2cc(C)cc(OC)c2)c2c1C(=O)NCC1(CCOCC1)C2. The van der Waals surface area contributed by atoms with Crippen molar-refractivity contribution in [2.24, 2.45) is 5.41 Å². The first kappa shape index (κ1) is 23.3. The van der Waals surface area contributed by atoms with E-state index in [1.807, 2.05) is 24.6 Å². The number of fused-ring (bicyclic) bond motifs is 1. The molecule has 2 aliphatic rings. The van der Waals surface area contributed by atoms with Gasteiger partial charge in [-0.25, -0.2) is 4.79 Å². The lowest BCUT2D eigenvalue weighted by atomic mass is 9.76. The maximum Gasteiger partial charge on any atom is 0.338 e. The van der Waals surface area contributed by atoms with Crippen LogP contribution >= 0.6 is 0 Å². The lowest BCUT2D eigenvalue weighted by Crippen LogP contribution is -2.40. The molecule has 2 aromatic rings. The van der Waals surface area contributed by atoms with Crippen LogP contribution in [0.3, 0.4) is 0 Å². The molecule has 0 unspecified atom stereocenters. The maximum atomic E-state index is 12.9. The van der Waals surface area contributed by atoms with Gasteiger partial charge in [-0.2, -0.15) is 5.10 Å². The fourth-order valence-electron chi connectivity index (χ4n) is 4.80. The average Bonchev–Trinajstić information content (AvgIpc) is 3.10. The van der Waals surface area contributed by atoms with Crippen molar-refractivity contribution in [1.29, 1.82) is 0 Å². The van der Waals surface area contributed by atoms with Crippen molar-refractivity contribution in [2.75, 3.05) is 33.5 Å². The Kier molecular flexibility index (Phi) is 7.02. The molecule has 1 spiro atoms. The van der Waals surface area contributed by atoms with Crippen LogP contribution in [0.5, 0.6) is 5.75 Å². The van der Waals surface area contributed by atoms with Gasteiger partial charge in [-0.05, 0) is 61.8 Å². The summed E-state index contributed by atoms with van der Waals surface area (Å²) in [6.45, 7) is 6.91. The molecule has 1 aromatic carbocycles. The van der Waals surface area contributed by atoms with Crippen molar-refractivity contribution in [3.8, 4) is 5.75 Å².